The molecule has 0 heterocycles. The van der Waals surface area contributed by atoms with E-state index < -0.39 is 8.32 Å². The van der Waals surface area contributed by atoms with Crippen molar-refractivity contribution in [2.45, 2.75) is 52.4 Å². The molecule has 0 aliphatic rings. The van der Waals surface area contributed by atoms with Crippen molar-refractivity contribution in [2.75, 3.05) is 20.3 Å². The summed E-state index contributed by atoms with van der Waals surface area (Å²) in [7, 11) is -0.968. The van der Waals surface area contributed by atoms with E-state index in [9.17, 15) is 5.11 Å². The summed E-state index contributed by atoms with van der Waals surface area (Å²) < 4.78 is 18.8. The molecule has 0 saturated carbocycles. The fourth-order valence-electron chi connectivity index (χ4n) is 5.02. The lowest BCUT2D eigenvalue weighted by Gasteiger charge is -2.44. The first-order valence-corrected chi connectivity index (χ1v) is 14.7. The van der Waals surface area contributed by atoms with Crippen LogP contribution in [-0.4, -0.2) is 39.9 Å². The number of methoxy groups -OCH3 is 1. The van der Waals surface area contributed by atoms with Gasteiger partial charge in [0, 0.05) is 25.0 Å². The van der Waals surface area contributed by atoms with E-state index in [1.165, 1.54) is 10.4 Å². The highest BCUT2D eigenvalue weighted by atomic mass is 28.4. The summed E-state index contributed by atoms with van der Waals surface area (Å²) in [4.78, 5) is 0. The Morgan fingerprint density at radius 3 is 1.75 bits per heavy atom. The molecule has 194 valence electrons. The fourth-order valence-corrected chi connectivity index (χ4v) is 9.69. The Morgan fingerprint density at radius 2 is 1.31 bits per heavy atom. The third kappa shape index (κ3) is 6.46. The molecule has 0 aliphatic heterocycles. The van der Waals surface area contributed by atoms with Crippen molar-refractivity contribution in [3.63, 3.8) is 0 Å². The number of benzene rings is 3. The molecule has 0 radical (unpaired) electrons. The average molecular weight is 507 g/mol. The number of aliphatic hydroxyl groups is 1. The molecule has 3 aromatic rings. The van der Waals surface area contributed by atoms with E-state index in [-0.39, 0.29) is 29.6 Å². The van der Waals surface area contributed by atoms with Gasteiger partial charge in [-0.2, -0.15) is 0 Å². The normalized spacial score (nSPS) is 14.8. The molecule has 0 aliphatic carbocycles. The Kier molecular flexibility index (Phi) is 9.91. The van der Waals surface area contributed by atoms with Crippen molar-refractivity contribution in [2.24, 2.45) is 11.8 Å². The summed E-state index contributed by atoms with van der Waals surface area (Å²) in [5.41, 5.74) is 1.08. The molecule has 0 bridgehead atoms. The van der Waals surface area contributed by atoms with Crippen molar-refractivity contribution in [1.82, 2.24) is 0 Å². The van der Waals surface area contributed by atoms with Crippen molar-refractivity contribution in [1.29, 1.82) is 0 Å². The predicted octanol–water partition coefficient (Wildman–Crippen LogP) is 5.42. The number of hydrogen-bond donors (Lipinski definition) is 1. The summed E-state index contributed by atoms with van der Waals surface area (Å²) in [6.07, 6.45) is -0.143. The Morgan fingerprint density at radius 1 is 0.778 bits per heavy atom. The van der Waals surface area contributed by atoms with Crippen molar-refractivity contribution < 1.29 is 19.0 Å². The second-order valence-corrected chi connectivity index (χ2v) is 15.0. The van der Waals surface area contributed by atoms with Crippen LogP contribution in [0.1, 0.15) is 40.2 Å². The zero-order valence-corrected chi connectivity index (χ0v) is 23.6. The average Bonchev–Trinajstić information content (AvgIpc) is 2.89. The zero-order valence-electron chi connectivity index (χ0n) is 22.6. The van der Waals surface area contributed by atoms with Crippen molar-refractivity contribution >= 4 is 18.7 Å². The molecule has 0 unspecified atom stereocenters. The van der Waals surface area contributed by atoms with Crippen LogP contribution in [0.25, 0.3) is 0 Å². The minimum atomic E-state index is -2.63. The van der Waals surface area contributed by atoms with Gasteiger partial charge in [0.05, 0.1) is 19.8 Å². The van der Waals surface area contributed by atoms with Crippen LogP contribution in [0.4, 0.5) is 0 Å². The number of rotatable bonds is 12. The van der Waals surface area contributed by atoms with Crippen molar-refractivity contribution in [3.8, 4) is 5.75 Å². The Hall–Kier alpha value is -2.44. The van der Waals surface area contributed by atoms with Gasteiger partial charge >= 0.3 is 0 Å². The quantitative estimate of drug-likeness (QED) is 0.333. The Balaban J connectivity index is 1.86. The molecular formula is C31H42O4Si. The molecule has 0 aromatic heterocycles. The lowest BCUT2D eigenvalue weighted by Crippen LogP contribution is -2.67. The smallest absolute Gasteiger partial charge is 0.261 e. The van der Waals surface area contributed by atoms with Crippen LogP contribution >= 0.6 is 0 Å². The lowest BCUT2D eigenvalue weighted by atomic mass is 9.94. The van der Waals surface area contributed by atoms with Crippen LogP contribution in [0.15, 0.2) is 84.9 Å². The molecule has 0 fully saturated rings. The molecule has 3 rings (SSSR count). The summed E-state index contributed by atoms with van der Waals surface area (Å²) in [5, 5.41) is 12.4. The maximum absolute atomic E-state index is 10.0. The minimum Gasteiger partial charge on any atom is -0.497 e. The van der Waals surface area contributed by atoms with Crippen LogP contribution in [0.2, 0.25) is 5.04 Å². The monoisotopic (exact) mass is 506 g/mol. The first kappa shape index (κ1) is 28.1. The highest BCUT2D eigenvalue weighted by molar-refractivity contribution is 6.99. The van der Waals surface area contributed by atoms with Crippen LogP contribution in [0.3, 0.4) is 0 Å². The largest absolute Gasteiger partial charge is 0.497 e. The molecule has 5 heteroatoms. The van der Waals surface area contributed by atoms with Crippen LogP contribution in [0.5, 0.6) is 5.75 Å². The molecular weight excluding hydrogens is 464 g/mol. The summed E-state index contributed by atoms with van der Waals surface area (Å²) >= 11 is 0. The van der Waals surface area contributed by atoms with E-state index in [4.69, 9.17) is 13.9 Å². The van der Waals surface area contributed by atoms with Gasteiger partial charge in [-0.15, -0.1) is 0 Å². The van der Waals surface area contributed by atoms with E-state index in [1.54, 1.807) is 7.11 Å². The van der Waals surface area contributed by atoms with Gasteiger partial charge in [0.15, 0.2) is 0 Å². The van der Waals surface area contributed by atoms with Crippen LogP contribution < -0.4 is 15.1 Å². The first-order valence-electron chi connectivity index (χ1n) is 12.8. The van der Waals surface area contributed by atoms with Crippen molar-refractivity contribution in [3.05, 3.63) is 90.5 Å². The second kappa shape index (κ2) is 12.7. The summed E-state index contributed by atoms with van der Waals surface area (Å²) in [6.45, 7) is 12.2. The van der Waals surface area contributed by atoms with Gasteiger partial charge in [-0.05, 0) is 33.1 Å². The van der Waals surface area contributed by atoms with Gasteiger partial charge < -0.3 is 19.0 Å². The van der Waals surface area contributed by atoms with Gasteiger partial charge in [-0.25, -0.2) is 0 Å². The van der Waals surface area contributed by atoms with E-state index in [1.807, 2.05) is 31.2 Å². The van der Waals surface area contributed by atoms with E-state index in [0.29, 0.717) is 13.2 Å². The molecule has 0 amide bonds. The highest BCUT2D eigenvalue weighted by Gasteiger charge is 2.50. The first-order chi connectivity index (χ1) is 17.2. The maximum atomic E-state index is 10.0. The molecule has 3 aromatic carbocycles. The third-order valence-electron chi connectivity index (χ3n) is 6.99. The maximum Gasteiger partial charge on any atom is 0.261 e. The minimum absolute atomic E-state index is 0.0130. The Bertz CT molecular complexity index is 992. The molecule has 36 heavy (non-hydrogen) atoms. The van der Waals surface area contributed by atoms with Crippen LogP contribution in [-0.2, 0) is 15.8 Å². The summed E-state index contributed by atoms with van der Waals surface area (Å²) in [6, 6.07) is 29.3. The number of hydrogen-bond acceptors (Lipinski definition) is 4. The Labute approximate surface area is 218 Å². The zero-order chi connectivity index (χ0) is 26.2. The van der Waals surface area contributed by atoms with Gasteiger partial charge in [0.2, 0.25) is 0 Å². The second-order valence-electron chi connectivity index (χ2n) is 10.7. The standard InChI is InChI=1S/C31H42O4Si/c1-24(21-32)30(34-23-26-17-19-27(33-6)20-18-26)25(2)22-35-36(31(3,4)5,28-13-9-7-10-14-28)29-15-11-8-12-16-29/h7-20,24-25,30,32H,21-23H2,1-6H3/t24-,25-,30+/m0/s1. The summed E-state index contributed by atoms with van der Waals surface area (Å²) in [5.74, 6) is 0.902. The van der Waals surface area contributed by atoms with Crippen LogP contribution in [0, 0.1) is 11.8 Å². The van der Waals surface area contributed by atoms with E-state index in [0.717, 1.165) is 11.3 Å². The van der Waals surface area contributed by atoms with E-state index >= 15 is 0 Å². The SMILES string of the molecule is COc1ccc(CO[C@H]([C@@H](C)CO)[C@@H](C)CO[Si](c2ccccc2)(c2ccccc2)C(C)(C)C)cc1. The number of ether oxygens (including phenoxy) is 2. The molecule has 4 nitrogen and oxygen atoms in total. The van der Waals surface area contributed by atoms with E-state index in [2.05, 4.69) is 88.4 Å². The third-order valence-corrected chi connectivity index (χ3v) is 12.0. The molecule has 0 saturated heterocycles. The molecule has 3 atom stereocenters. The lowest BCUT2D eigenvalue weighted by molar-refractivity contribution is -0.0518. The van der Waals surface area contributed by atoms with Gasteiger partial charge in [0.25, 0.3) is 8.32 Å². The topological polar surface area (TPSA) is 47.9 Å². The highest BCUT2D eigenvalue weighted by Crippen LogP contribution is 2.37. The number of aliphatic hydroxyl groups excluding tert-OH is 1. The predicted molar refractivity (Wildman–Crippen MR) is 151 cm³/mol. The van der Waals surface area contributed by atoms with Gasteiger partial charge in [0.1, 0.15) is 5.75 Å². The molecule has 0 spiro atoms. The fraction of sp³-hybridized carbons (Fsp3) is 0.419. The van der Waals surface area contributed by atoms with Gasteiger partial charge in [-0.3, -0.25) is 0 Å². The molecule has 1 N–H and O–H groups in total. The van der Waals surface area contributed by atoms with Gasteiger partial charge in [-0.1, -0.05) is 107 Å².